The van der Waals surface area contributed by atoms with Gasteiger partial charge in [0.15, 0.2) is 5.11 Å². The van der Waals surface area contributed by atoms with Crippen molar-refractivity contribution in [2.75, 3.05) is 18.5 Å². The molecule has 4 nitrogen and oxygen atoms in total. The fourth-order valence-electron chi connectivity index (χ4n) is 3.33. The van der Waals surface area contributed by atoms with Crippen LogP contribution < -0.4 is 10.6 Å². The smallest absolute Gasteiger partial charge is 0.341 e. The molecule has 26 heavy (non-hydrogen) atoms. The van der Waals surface area contributed by atoms with Gasteiger partial charge in [0.05, 0.1) is 12.2 Å². The van der Waals surface area contributed by atoms with Crippen molar-refractivity contribution in [2.45, 2.75) is 78.1 Å². The quantitative estimate of drug-likeness (QED) is 0.348. The van der Waals surface area contributed by atoms with Crippen LogP contribution in [0.2, 0.25) is 0 Å². The molecule has 1 aliphatic carbocycles. The lowest BCUT2D eigenvalue weighted by atomic mass is 9.96. The Labute approximate surface area is 167 Å². The van der Waals surface area contributed by atoms with Crippen LogP contribution in [-0.2, 0) is 17.6 Å². The van der Waals surface area contributed by atoms with Gasteiger partial charge in [-0.1, -0.05) is 39.0 Å². The molecule has 0 atom stereocenters. The number of ether oxygens (including phenoxy) is 1. The van der Waals surface area contributed by atoms with Gasteiger partial charge in [0.25, 0.3) is 0 Å². The van der Waals surface area contributed by atoms with Crippen LogP contribution in [0.15, 0.2) is 0 Å². The van der Waals surface area contributed by atoms with Crippen molar-refractivity contribution in [1.29, 1.82) is 0 Å². The zero-order valence-electron chi connectivity index (χ0n) is 16.1. The highest BCUT2D eigenvalue weighted by Crippen LogP contribution is 2.37. The number of thiophene rings is 1. The Morgan fingerprint density at radius 2 is 1.88 bits per heavy atom. The molecule has 1 aromatic rings. The van der Waals surface area contributed by atoms with Gasteiger partial charge in [0.1, 0.15) is 5.00 Å². The molecule has 146 valence electrons. The van der Waals surface area contributed by atoms with Crippen molar-refractivity contribution in [3.63, 3.8) is 0 Å². The molecular formula is C20H32N2O2S2. The summed E-state index contributed by atoms with van der Waals surface area (Å²) in [5.41, 5.74) is 1.89. The van der Waals surface area contributed by atoms with E-state index in [9.17, 15) is 4.79 Å². The van der Waals surface area contributed by atoms with E-state index in [2.05, 4.69) is 17.6 Å². The number of hydrogen-bond acceptors (Lipinski definition) is 4. The Bertz CT molecular complexity index is 599. The van der Waals surface area contributed by atoms with Crippen molar-refractivity contribution in [2.24, 2.45) is 0 Å². The molecule has 0 saturated carbocycles. The minimum absolute atomic E-state index is 0.223. The summed E-state index contributed by atoms with van der Waals surface area (Å²) in [5.74, 6) is -0.223. The molecule has 1 heterocycles. The Morgan fingerprint density at radius 1 is 1.12 bits per heavy atom. The summed E-state index contributed by atoms with van der Waals surface area (Å²) >= 11 is 7.13. The third-order valence-electron chi connectivity index (χ3n) is 4.69. The van der Waals surface area contributed by atoms with E-state index < -0.39 is 0 Å². The zero-order chi connectivity index (χ0) is 18.8. The summed E-state index contributed by atoms with van der Waals surface area (Å²) in [6.45, 7) is 5.32. The maximum atomic E-state index is 12.6. The normalized spacial score (nSPS) is 14.1. The average molecular weight is 397 g/mol. The number of hydrogen-bond donors (Lipinski definition) is 2. The van der Waals surface area contributed by atoms with E-state index in [4.69, 9.17) is 17.0 Å². The maximum absolute atomic E-state index is 12.6. The number of unbranched alkanes of at least 4 members (excludes halogenated alkanes) is 3. The number of anilines is 1. The van der Waals surface area contributed by atoms with Gasteiger partial charge in [-0.15, -0.1) is 11.3 Å². The topological polar surface area (TPSA) is 50.4 Å². The third kappa shape index (κ3) is 6.23. The minimum atomic E-state index is -0.223. The predicted octanol–water partition coefficient (Wildman–Crippen LogP) is 5.45. The summed E-state index contributed by atoms with van der Waals surface area (Å²) in [6.07, 6.45) is 11.6. The van der Waals surface area contributed by atoms with Gasteiger partial charge in [-0.3, -0.25) is 0 Å². The first-order valence-corrected chi connectivity index (χ1v) is 11.3. The van der Waals surface area contributed by atoms with E-state index in [0.29, 0.717) is 17.3 Å². The molecule has 0 fully saturated rings. The molecule has 0 amide bonds. The Balaban J connectivity index is 2.09. The monoisotopic (exact) mass is 396 g/mol. The fourth-order valence-corrected chi connectivity index (χ4v) is 4.88. The van der Waals surface area contributed by atoms with Crippen LogP contribution >= 0.6 is 23.6 Å². The standard InChI is InChI=1S/C20H32N2O2S2/c1-3-5-6-11-14-21-20(25)22-18-17(19(23)24-4-2)15-12-9-7-8-10-13-16(15)26-18/h3-14H2,1-2H3,(H2,21,22,25). The number of carbonyl (C=O) groups excluding carboxylic acids is 1. The van der Waals surface area contributed by atoms with Gasteiger partial charge < -0.3 is 15.4 Å². The Morgan fingerprint density at radius 3 is 2.62 bits per heavy atom. The van der Waals surface area contributed by atoms with Crippen molar-refractivity contribution >= 4 is 39.6 Å². The molecule has 0 spiro atoms. The number of carbonyl (C=O) groups is 1. The van der Waals surface area contributed by atoms with Crippen LogP contribution in [0, 0.1) is 0 Å². The number of fused-ring (bicyclic) bond motifs is 1. The van der Waals surface area contributed by atoms with Gasteiger partial charge in [0.2, 0.25) is 0 Å². The first-order chi connectivity index (χ1) is 12.7. The van der Waals surface area contributed by atoms with Gasteiger partial charge in [-0.2, -0.15) is 0 Å². The van der Waals surface area contributed by atoms with Crippen molar-refractivity contribution in [3.05, 3.63) is 16.0 Å². The first kappa shape index (κ1) is 21.2. The average Bonchev–Trinajstić information content (AvgIpc) is 2.91. The van der Waals surface area contributed by atoms with E-state index in [1.54, 1.807) is 11.3 Å². The molecule has 0 unspecified atom stereocenters. The summed E-state index contributed by atoms with van der Waals surface area (Å²) in [4.78, 5) is 13.9. The van der Waals surface area contributed by atoms with Crippen molar-refractivity contribution in [3.8, 4) is 0 Å². The van der Waals surface area contributed by atoms with Crippen LogP contribution in [-0.4, -0.2) is 24.2 Å². The first-order valence-electron chi connectivity index (χ1n) is 10.0. The molecule has 0 bridgehead atoms. The molecule has 1 aromatic heterocycles. The summed E-state index contributed by atoms with van der Waals surface area (Å²) in [5, 5.41) is 7.99. The van der Waals surface area contributed by atoms with E-state index >= 15 is 0 Å². The van der Waals surface area contributed by atoms with E-state index in [1.165, 1.54) is 49.0 Å². The molecule has 1 aliphatic rings. The number of thiocarbonyl (C=S) groups is 1. The maximum Gasteiger partial charge on any atom is 0.341 e. The highest BCUT2D eigenvalue weighted by molar-refractivity contribution is 7.80. The number of rotatable bonds is 8. The van der Waals surface area contributed by atoms with Gasteiger partial charge in [-0.05, 0) is 56.8 Å². The van der Waals surface area contributed by atoms with Gasteiger partial charge in [-0.25, -0.2) is 4.79 Å². The van der Waals surface area contributed by atoms with E-state index in [1.807, 2.05) is 6.92 Å². The van der Waals surface area contributed by atoms with Crippen molar-refractivity contribution < 1.29 is 9.53 Å². The van der Waals surface area contributed by atoms with Crippen LogP contribution in [0.3, 0.4) is 0 Å². The largest absolute Gasteiger partial charge is 0.462 e. The van der Waals surface area contributed by atoms with E-state index in [0.717, 1.165) is 37.2 Å². The lowest BCUT2D eigenvalue weighted by Crippen LogP contribution is -2.29. The number of nitrogens with one attached hydrogen (secondary N) is 2. The highest BCUT2D eigenvalue weighted by Gasteiger charge is 2.25. The number of esters is 1. The predicted molar refractivity (Wildman–Crippen MR) is 115 cm³/mol. The van der Waals surface area contributed by atoms with E-state index in [-0.39, 0.29) is 5.97 Å². The van der Waals surface area contributed by atoms with Crippen LogP contribution in [0.5, 0.6) is 0 Å². The van der Waals surface area contributed by atoms with Crippen LogP contribution in [0.4, 0.5) is 5.00 Å². The Hall–Kier alpha value is -1.14. The van der Waals surface area contributed by atoms with Gasteiger partial charge in [0, 0.05) is 11.4 Å². The molecule has 0 aliphatic heterocycles. The summed E-state index contributed by atoms with van der Waals surface area (Å²) < 4.78 is 5.34. The van der Waals surface area contributed by atoms with Crippen LogP contribution in [0.25, 0.3) is 0 Å². The molecule has 2 rings (SSSR count). The Kier molecular flexibility index (Phi) is 9.40. The third-order valence-corrected chi connectivity index (χ3v) is 6.15. The lowest BCUT2D eigenvalue weighted by molar-refractivity contribution is 0.0526. The SMILES string of the molecule is CCCCCCNC(=S)Nc1sc2c(c1C(=O)OCC)CCCCCC2. The molecule has 0 radical (unpaired) electrons. The lowest BCUT2D eigenvalue weighted by Gasteiger charge is -2.12. The highest BCUT2D eigenvalue weighted by atomic mass is 32.1. The zero-order valence-corrected chi connectivity index (χ0v) is 17.8. The molecular weight excluding hydrogens is 364 g/mol. The molecule has 2 N–H and O–H groups in total. The summed E-state index contributed by atoms with van der Waals surface area (Å²) in [6, 6.07) is 0. The second-order valence-electron chi connectivity index (χ2n) is 6.78. The molecule has 0 saturated heterocycles. The van der Waals surface area contributed by atoms with Gasteiger partial charge >= 0.3 is 5.97 Å². The second kappa shape index (κ2) is 11.5. The fraction of sp³-hybridized carbons (Fsp3) is 0.700. The van der Waals surface area contributed by atoms with Crippen LogP contribution in [0.1, 0.15) is 86.0 Å². The molecule has 6 heteroatoms. The second-order valence-corrected chi connectivity index (χ2v) is 8.30. The summed E-state index contributed by atoms with van der Waals surface area (Å²) in [7, 11) is 0. The van der Waals surface area contributed by atoms with Crippen molar-refractivity contribution in [1.82, 2.24) is 5.32 Å². The minimum Gasteiger partial charge on any atom is -0.462 e. The molecule has 0 aromatic carbocycles. The number of aryl methyl sites for hydroxylation is 1.